The average molecular weight is 280 g/mol. The molecule has 0 radical (unpaired) electrons. The monoisotopic (exact) mass is 279 g/mol. The first-order chi connectivity index (χ1) is 7.34. The first kappa shape index (κ1) is 12.9. The summed E-state index contributed by atoms with van der Waals surface area (Å²) in [7, 11) is 0. The van der Waals surface area contributed by atoms with Gasteiger partial charge in [0.15, 0.2) is 0 Å². The molecule has 0 aromatic rings. The topological polar surface area (TPSA) is 47.6 Å². The van der Waals surface area contributed by atoms with Gasteiger partial charge in [-0.05, 0) is 12.8 Å². The minimum absolute atomic E-state index is 0.134. The summed E-state index contributed by atoms with van der Waals surface area (Å²) in [5, 5.41) is 3.71. The number of halogens is 1. The van der Waals surface area contributed by atoms with E-state index in [1.807, 2.05) is 0 Å². The molecule has 88 valence electrons. The van der Waals surface area contributed by atoms with Gasteiger partial charge in [-0.25, -0.2) is 0 Å². The van der Waals surface area contributed by atoms with Crippen LogP contribution in [0.15, 0.2) is 0 Å². The molecule has 0 unspecified atom stereocenters. The molecule has 4 nitrogen and oxygen atoms in total. The molecule has 1 N–H and O–H groups in total. The average Bonchev–Trinajstić information content (AvgIpc) is 2.30. The molecule has 0 saturated carbocycles. The van der Waals surface area contributed by atoms with E-state index in [0.29, 0.717) is 33.0 Å². The largest absolute Gasteiger partial charge is 0.381 e. The highest BCUT2D eigenvalue weighted by molar-refractivity contribution is 9.09. The van der Waals surface area contributed by atoms with Gasteiger partial charge in [-0.3, -0.25) is 4.79 Å². The molecule has 1 fully saturated rings. The molecule has 1 saturated heterocycles. The van der Waals surface area contributed by atoms with Gasteiger partial charge in [0.25, 0.3) is 0 Å². The predicted octanol–water partition coefficient (Wildman–Crippen LogP) is 0.941. The number of alkyl halides is 1. The van der Waals surface area contributed by atoms with Crippen LogP contribution >= 0.6 is 15.9 Å². The summed E-state index contributed by atoms with van der Waals surface area (Å²) in [6, 6.07) is 0. The lowest BCUT2D eigenvalue weighted by molar-refractivity contribution is -0.128. The van der Waals surface area contributed by atoms with Crippen molar-refractivity contribution in [3.63, 3.8) is 0 Å². The summed E-state index contributed by atoms with van der Waals surface area (Å²) in [6.07, 6.45) is 1.68. The number of ether oxygens (including phenoxy) is 2. The summed E-state index contributed by atoms with van der Waals surface area (Å²) in [6.45, 7) is 3.28. The summed E-state index contributed by atoms with van der Waals surface area (Å²) in [5.74, 6) is 0.274. The minimum atomic E-state index is 0.134. The van der Waals surface area contributed by atoms with E-state index in [0.717, 1.165) is 18.2 Å². The summed E-state index contributed by atoms with van der Waals surface area (Å²) < 4.78 is 10.4. The number of carbonyl (C=O) groups is 1. The molecule has 5 heteroatoms. The molecule has 1 rings (SSSR count). The van der Waals surface area contributed by atoms with Crippen LogP contribution in [0.25, 0.3) is 0 Å². The van der Waals surface area contributed by atoms with Gasteiger partial charge in [-0.2, -0.15) is 0 Å². The van der Waals surface area contributed by atoms with Gasteiger partial charge < -0.3 is 14.8 Å². The molecule has 0 aliphatic carbocycles. The molecular weight excluding hydrogens is 262 g/mol. The van der Waals surface area contributed by atoms with Crippen LogP contribution in [-0.4, -0.2) is 44.2 Å². The number of amides is 1. The minimum Gasteiger partial charge on any atom is -0.381 e. The van der Waals surface area contributed by atoms with Crippen molar-refractivity contribution in [1.82, 2.24) is 5.32 Å². The predicted molar refractivity (Wildman–Crippen MR) is 61.2 cm³/mol. The van der Waals surface area contributed by atoms with Crippen molar-refractivity contribution in [3.05, 3.63) is 0 Å². The van der Waals surface area contributed by atoms with Gasteiger partial charge in [0.2, 0.25) is 5.91 Å². The molecule has 0 atom stereocenters. The Labute approximate surface area is 98.8 Å². The fraction of sp³-hybridized carbons (Fsp3) is 0.900. The van der Waals surface area contributed by atoms with Crippen LogP contribution in [0.1, 0.15) is 12.8 Å². The highest BCUT2D eigenvalue weighted by Gasteiger charge is 2.20. The van der Waals surface area contributed by atoms with Crippen molar-refractivity contribution < 1.29 is 14.3 Å². The SMILES string of the molecule is O=C(NCCOCCBr)C1CCOCC1. The van der Waals surface area contributed by atoms with Crippen LogP contribution < -0.4 is 5.32 Å². The lowest BCUT2D eigenvalue weighted by atomic mass is 9.99. The number of rotatable bonds is 6. The van der Waals surface area contributed by atoms with Gasteiger partial charge in [0, 0.05) is 31.0 Å². The van der Waals surface area contributed by atoms with Gasteiger partial charge in [-0.1, -0.05) is 15.9 Å². The standard InChI is InChI=1S/C10H18BrNO3/c11-3-7-15-8-4-12-10(13)9-1-5-14-6-2-9/h9H,1-8H2,(H,12,13). The van der Waals surface area contributed by atoms with E-state index < -0.39 is 0 Å². The molecule has 0 aromatic carbocycles. The van der Waals surface area contributed by atoms with E-state index in [2.05, 4.69) is 21.2 Å². The maximum absolute atomic E-state index is 11.6. The number of carbonyl (C=O) groups excluding carboxylic acids is 1. The third kappa shape index (κ3) is 5.49. The van der Waals surface area contributed by atoms with E-state index in [4.69, 9.17) is 9.47 Å². The highest BCUT2D eigenvalue weighted by Crippen LogP contribution is 2.14. The summed E-state index contributed by atoms with van der Waals surface area (Å²) in [4.78, 5) is 11.6. The van der Waals surface area contributed by atoms with Crippen molar-refractivity contribution in [3.8, 4) is 0 Å². The van der Waals surface area contributed by atoms with Gasteiger partial charge >= 0.3 is 0 Å². The Hall–Kier alpha value is -0.130. The van der Waals surface area contributed by atoms with E-state index in [1.54, 1.807) is 0 Å². The van der Waals surface area contributed by atoms with Crippen LogP contribution in [0.3, 0.4) is 0 Å². The van der Waals surface area contributed by atoms with Crippen LogP contribution in [0.2, 0.25) is 0 Å². The van der Waals surface area contributed by atoms with Crippen LogP contribution in [0, 0.1) is 5.92 Å². The first-order valence-corrected chi connectivity index (χ1v) is 6.46. The number of hydrogen-bond donors (Lipinski definition) is 1. The zero-order valence-corrected chi connectivity index (χ0v) is 10.4. The molecule has 15 heavy (non-hydrogen) atoms. The smallest absolute Gasteiger partial charge is 0.223 e. The van der Waals surface area contributed by atoms with Crippen molar-refractivity contribution in [2.75, 3.05) is 38.3 Å². The van der Waals surface area contributed by atoms with Crippen LogP contribution in [0.4, 0.5) is 0 Å². The Morgan fingerprint density at radius 2 is 2.13 bits per heavy atom. The first-order valence-electron chi connectivity index (χ1n) is 5.33. The quantitative estimate of drug-likeness (QED) is 0.582. The summed E-state index contributed by atoms with van der Waals surface area (Å²) in [5.41, 5.74) is 0. The van der Waals surface area contributed by atoms with Crippen molar-refractivity contribution in [2.24, 2.45) is 5.92 Å². The van der Waals surface area contributed by atoms with Crippen LogP contribution in [-0.2, 0) is 14.3 Å². The molecule has 1 aliphatic heterocycles. The van der Waals surface area contributed by atoms with E-state index in [1.165, 1.54) is 0 Å². The lowest BCUT2D eigenvalue weighted by Gasteiger charge is -2.21. The zero-order chi connectivity index (χ0) is 10.9. The van der Waals surface area contributed by atoms with Crippen molar-refractivity contribution >= 4 is 21.8 Å². The molecule has 0 bridgehead atoms. The summed E-state index contributed by atoms with van der Waals surface area (Å²) >= 11 is 3.27. The maximum atomic E-state index is 11.6. The Balaban J connectivity index is 2.02. The molecule has 1 aliphatic rings. The number of nitrogens with one attached hydrogen (secondary N) is 1. The third-order valence-electron chi connectivity index (χ3n) is 2.36. The molecule has 0 aromatic heterocycles. The second-order valence-electron chi connectivity index (χ2n) is 3.48. The van der Waals surface area contributed by atoms with E-state index >= 15 is 0 Å². The Bertz CT molecular complexity index is 184. The zero-order valence-electron chi connectivity index (χ0n) is 8.84. The third-order valence-corrected chi connectivity index (χ3v) is 2.68. The Morgan fingerprint density at radius 3 is 2.80 bits per heavy atom. The van der Waals surface area contributed by atoms with Crippen LogP contribution in [0.5, 0.6) is 0 Å². The van der Waals surface area contributed by atoms with Gasteiger partial charge in [-0.15, -0.1) is 0 Å². The lowest BCUT2D eigenvalue weighted by Crippen LogP contribution is -2.36. The molecule has 1 heterocycles. The molecule has 0 spiro atoms. The maximum Gasteiger partial charge on any atom is 0.223 e. The number of hydrogen-bond acceptors (Lipinski definition) is 3. The normalized spacial score (nSPS) is 17.7. The van der Waals surface area contributed by atoms with Crippen molar-refractivity contribution in [1.29, 1.82) is 0 Å². The fourth-order valence-electron chi connectivity index (χ4n) is 1.51. The highest BCUT2D eigenvalue weighted by atomic mass is 79.9. The van der Waals surface area contributed by atoms with E-state index in [-0.39, 0.29) is 11.8 Å². The molecule has 1 amide bonds. The molecular formula is C10H18BrNO3. The fourth-order valence-corrected chi connectivity index (χ4v) is 1.74. The Morgan fingerprint density at radius 1 is 1.40 bits per heavy atom. The Kier molecular flexibility index (Phi) is 6.96. The second kappa shape index (κ2) is 8.07. The van der Waals surface area contributed by atoms with Gasteiger partial charge in [0.05, 0.1) is 13.2 Å². The van der Waals surface area contributed by atoms with Crippen molar-refractivity contribution in [2.45, 2.75) is 12.8 Å². The van der Waals surface area contributed by atoms with Gasteiger partial charge in [0.1, 0.15) is 0 Å². The second-order valence-corrected chi connectivity index (χ2v) is 4.27. The van der Waals surface area contributed by atoms with E-state index in [9.17, 15) is 4.79 Å².